The molecular formula is C8H12N2O2. The van der Waals surface area contributed by atoms with E-state index in [0.717, 1.165) is 5.69 Å². The molecule has 0 saturated carbocycles. The molecule has 0 unspecified atom stereocenters. The maximum atomic E-state index is 11.3. The molecule has 4 heteroatoms. The summed E-state index contributed by atoms with van der Waals surface area (Å²) in [5.41, 5.74) is 1.44. The molecule has 1 heterocycles. The largest absolute Gasteiger partial charge is 0.376 e. The lowest BCUT2D eigenvalue weighted by atomic mass is 10.3. The standard InChI is InChI=1S/C8H12N2O2/c1-6-4-7(10(2)9-6)8(11)5-12-3/h4H,5H2,1-3H3. The molecule has 0 aliphatic heterocycles. The summed E-state index contributed by atoms with van der Waals surface area (Å²) in [6.07, 6.45) is 0. The minimum absolute atomic E-state index is 0.0411. The van der Waals surface area contributed by atoms with Gasteiger partial charge in [0.2, 0.25) is 5.78 Å². The Morgan fingerprint density at radius 1 is 1.75 bits per heavy atom. The molecule has 66 valence electrons. The van der Waals surface area contributed by atoms with E-state index in [1.165, 1.54) is 7.11 Å². The number of aryl methyl sites for hydroxylation is 2. The molecule has 0 amide bonds. The fraction of sp³-hybridized carbons (Fsp3) is 0.500. The van der Waals surface area contributed by atoms with Gasteiger partial charge in [0.05, 0.1) is 5.69 Å². The number of carbonyl (C=O) groups excluding carboxylic acids is 1. The third-order valence-corrected chi connectivity index (χ3v) is 1.56. The average molecular weight is 168 g/mol. The number of rotatable bonds is 3. The third kappa shape index (κ3) is 1.71. The second kappa shape index (κ2) is 3.49. The second-order valence-electron chi connectivity index (χ2n) is 2.65. The molecule has 0 aliphatic carbocycles. The Kier molecular flexibility index (Phi) is 2.60. The van der Waals surface area contributed by atoms with E-state index in [2.05, 4.69) is 5.10 Å². The van der Waals surface area contributed by atoms with Gasteiger partial charge in [-0.3, -0.25) is 9.48 Å². The van der Waals surface area contributed by atoms with Crippen LogP contribution in [0.5, 0.6) is 0 Å². The molecule has 0 bridgehead atoms. The van der Waals surface area contributed by atoms with Crippen molar-refractivity contribution >= 4 is 5.78 Å². The Balaban J connectivity index is 2.87. The highest BCUT2D eigenvalue weighted by atomic mass is 16.5. The molecule has 0 saturated heterocycles. The fourth-order valence-corrected chi connectivity index (χ4v) is 1.08. The van der Waals surface area contributed by atoms with Crippen LogP contribution in [-0.2, 0) is 11.8 Å². The maximum absolute atomic E-state index is 11.3. The number of hydrogen-bond acceptors (Lipinski definition) is 3. The molecular weight excluding hydrogens is 156 g/mol. The number of Topliss-reactive ketones (excluding diaryl/α,β-unsaturated/α-hetero) is 1. The SMILES string of the molecule is COCC(=O)c1cc(C)nn1C. The topological polar surface area (TPSA) is 44.1 Å². The number of methoxy groups -OCH3 is 1. The maximum Gasteiger partial charge on any atom is 0.206 e. The van der Waals surface area contributed by atoms with E-state index in [9.17, 15) is 4.79 Å². The first-order valence-electron chi connectivity index (χ1n) is 3.68. The van der Waals surface area contributed by atoms with Gasteiger partial charge >= 0.3 is 0 Å². The van der Waals surface area contributed by atoms with Gasteiger partial charge in [-0.1, -0.05) is 0 Å². The highest BCUT2D eigenvalue weighted by Crippen LogP contribution is 2.02. The number of ether oxygens (including phenoxy) is 1. The van der Waals surface area contributed by atoms with Crippen LogP contribution in [-0.4, -0.2) is 29.3 Å². The first-order chi connectivity index (χ1) is 5.65. The monoisotopic (exact) mass is 168 g/mol. The Morgan fingerprint density at radius 3 is 2.83 bits per heavy atom. The summed E-state index contributed by atoms with van der Waals surface area (Å²) < 4.78 is 6.30. The predicted molar refractivity (Wildman–Crippen MR) is 44.2 cm³/mol. The highest BCUT2D eigenvalue weighted by molar-refractivity contribution is 5.95. The molecule has 0 radical (unpaired) electrons. The van der Waals surface area contributed by atoms with Crippen molar-refractivity contribution < 1.29 is 9.53 Å². The summed E-state index contributed by atoms with van der Waals surface area (Å²) in [7, 11) is 3.25. The van der Waals surface area contributed by atoms with Crippen LogP contribution < -0.4 is 0 Å². The van der Waals surface area contributed by atoms with E-state index in [4.69, 9.17) is 4.74 Å². The molecule has 0 N–H and O–H groups in total. The van der Waals surface area contributed by atoms with Gasteiger partial charge < -0.3 is 4.74 Å². The summed E-state index contributed by atoms with van der Waals surface area (Å²) in [5.74, 6) is -0.0411. The van der Waals surface area contributed by atoms with E-state index < -0.39 is 0 Å². The lowest BCUT2D eigenvalue weighted by molar-refractivity contribution is 0.0838. The second-order valence-corrected chi connectivity index (χ2v) is 2.65. The van der Waals surface area contributed by atoms with Gasteiger partial charge in [-0.05, 0) is 13.0 Å². The van der Waals surface area contributed by atoms with Gasteiger partial charge in [0.1, 0.15) is 12.3 Å². The average Bonchev–Trinajstić information content (AvgIpc) is 2.30. The van der Waals surface area contributed by atoms with E-state index in [1.54, 1.807) is 17.8 Å². The van der Waals surface area contributed by atoms with Crippen molar-refractivity contribution in [3.63, 3.8) is 0 Å². The van der Waals surface area contributed by atoms with Crippen LogP contribution in [0.15, 0.2) is 6.07 Å². The molecule has 4 nitrogen and oxygen atoms in total. The number of carbonyl (C=O) groups is 1. The van der Waals surface area contributed by atoms with Crippen LogP contribution in [0.1, 0.15) is 16.2 Å². The number of hydrogen-bond donors (Lipinski definition) is 0. The zero-order valence-corrected chi connectivity index (χ0v) is 7.50. The summed E-state index contributed by atoms with van der Waals surface area (Å²) in [6.45, 7) is 1.96. The fourth-order valence-electron chi connectivity index (χ4n) is 1.08. The molecule has 1 aromatic rings. The molecule has 12 heavy (non-hydrogen) atoms. The van der Waals surface area contributed by atoms with Gasteiger partial charge in [0.15, 0.2) is 0 Å². The number of aromatic nitrogens is 2. The molecule has 0 aromatic carbocycles. The van der Waals surface area contributed by atoms with E-state index in [1.807, 2.05) is 6.92 Å². The van der Waals surface area contributed by atoms with Crippen molar-refractivity contribution in [2.24, 2.45) is 7.05 Å². The third-order valence-electron chi connectivity index (χ3n) is 1.56. The molecule has 0 atom stereocenters. The van der Waals surface area contributed by atoms with Gasteiger partial charge in [-0.25, -0.2) is 0 Å². The van der Waals surface area contributed by atoms with Crippen LogP contribution in [0.3, 0.4) is 0 Å². The normalized spacial score (nSPS) is 10.2. The van der Waals surface area contributed by atoms with E-state index >= 15 is 0 Å². The van der Waals surface area contributed by atoms with Crippen LogP contribution in [0.2, 0.25) is 0 Å². The van der Waals surface area contributed by atoms with Crippen LogP contribution in [0, 0.1) is 6.92 Å². The van der Waals surface area contributed by atoms with Gasteiger partial charge in [0, 0.05) is 14.2 Å². The lowest BCUT2D eigenvalue weighted by Crippen LogP contribution is -2.11. The molecule has 1 rings (SSSR count). The van der Waals surface area contributed by atoms with E-state index in [-0.39, 0.29) is 12.4 Å². The molecule has 0 spiro atoms. The lowest BCUT2D eigenvalue weighted by Gasteiger charge is -1.98. The first kappa shape index (κ1) is 8.93. The van der Waals surface area contributed by atoms with Gasteiger partial charge in [-0.15, -0.1) is 0 Å². The Morgan fingerprint density at radius 2 is 2.42 bits per heavy atom. The summed E-state index contributed by atoms with van der Waals surface area (Å²) in [6, 6.07) is 1.75. The Hall–Kier alpha value is -1.16. The molecule has 0 fully saturated rings. The van der Waals surface area contributed by atoms with Crippen molar-refractivity contribution in [3.8, 4) is 0 Å². The van der Waals surface area contributed by atoms with Crippen LogP contribution in [0.4, 0.5) is 0 Å². The summed E-state index contributed by atoms with van der Waals surface area (Å²) in [5, 5.41) is 4.05. The summed E-state index contributed by atoms with van der Waals surface area (Å²) in [4.78, 5) is 11.3. The van der Waals surface area contributed by atoms with Crippen molar-refractivity contribution in [3.05, 3.63) is 17.5 Å². The van der Waals surface area contributed by atoms with Crippen molar-refractivity contribution in [1.82, 2.24) is 9.78 Å². The van der Waals surface area contributed by atoms with Crippen LogP contribution in [0.25, 0.3) is 0 Å². The van der Waals surface area contributed by atoms with Gasteiger partial charge in [0.25, 0.3) is 0 Å². The predicted octanol–water partition coefficient (Wildman–Crippen LogP) is 0.558. The van der Waals surface area contributed by atoms with Gasteiger partial charge in [-0.2, -0.15) is 5.10 Å². The van der Waals surface area contributed by atoms with Crippen molar-refractivity contribution in [1.29, 1.82) is 0 Å². The number of ketones is 1. The van der Waals surface area contributed by atoms with Crippen LogP contribution >= 0.6 is 0 Å². The zero-order chi connectivity index (χ0) is 9.14. The molecule has 0 aliphatic rings. The highest BCUT2D eigenvalue weighted by Gasteiger charge is 2.10. The van der Waals surface area contributed by atoms with Crippen molar-refractivity contribution in [2.75, 3.05) is 13.7 Å². The van der Waals surface area contributed by atoms with Crippen molar-refractivity contribution in [2.45, 2.75) is 6.92 Å². The van der Waals surface area contributed by atoms with E-state index in [0.29, 0.717) is 5.69 Å². The quantitative estimate of drug-likeness (QED) is 0.619. The number of nitrogens with zero attached hydrogens (tertiary/aromatic N) is 2. The minimum atomic E-state index is -0.0411. The smallest absolute Gasteiger partial charge is 0.206 e. The Bertz CT molecular complexity index is 291. The first-order valence-corrected chi connectivity index (χ1v) is 3.68. The Labute approximate surface area is 71.1 Å². The zero-order valence-electron chi connectivity index (χ0n) is 7.50. The molecule has 1 aromatic heterocycles. The summed E-state index contributed by atoms with van der Waals surface area (Å²) >= 11 is 0. The minimum Gasteiger partial charge on any atom is -0.376 e.